The first kappa shape index (κ1) is 11.2. The molecule has 4 heteroatoms. The van der Waals surface area contributed by atoms with Gasteiger partial charge in [-0.3, -0.25) is 4.79 Å². The van der Waals surface area contributed by atoms with Crippen molar-refractivity contribution in [2.45, 2.75) is 12.5 Å². The Hall–Kier alpha value is -2.25. The number of benzene rings is 1. The number of aromatic nitrogens is 1. The van der Waals surface area contributed by atoms with Gasteiger partial charge in [0.1, 0.15) is 0 Å². The third-order valence-electron chi connectivity index (χ3n) is 2.50. The predicted octanol–water partition coefficient (Wildman–Crippen LogP) is 1.46. The van der Waals surface area contributed by atoms with Crippen LogP contribution in [-0.4, -0.2) is 16.9 Å². The molecule has 1 unspecified atom stereocenters. The third kappa shape index (κ3) is 2.47. The molecule has 0 radical (unpaired) electrons. The van der Waals surface area contributed by atoms with Gasteiger partial charge in [0.15, 0.2) is 0 Å². The van der Waals surface area contributed by atoms with E-state index < -0.39 is 6.04 Å². The molecule has 1 atom stereocenters. The average Bonchev–Trinajstić information content (AvgIpc) is 2.76. The Balaban J connectivity index is 2.13. The number of terminal acetylenes is 1. The molecule has 0 aliphatic heterocycles. The summed E-state index contributed by atoms with van der Waals surface area (Å²) in [5.74, 6) is 2.10. The molecule has 1 aromatic heterocycles. The Kier molecular flexibility index (Phi) is 3.12. The molecule has 0 spiro atoms. The summed E-state index contributed by atoms with van der Waals surface area (Å²) in [5, 5.41) is 3.77. The van der Waals surface area contributed by atoms with Crippen LogP contribution < -0.4 is 11.1 Å². The van der Waals surface area contributed by atoms with Gasteiger partial charge < -0.3 is 16.0 Å². The first-order valence-corrected chi connectivity index (χ1v) is 5.28. The lowest BCUT2D eigenvalue weighted by Crippen LogP contribution is -2.35. The highest BCUT2D eigenvalue weighted by Gasteiger charge is 2.12. The van der Waals surface area contributed by atoms with Crippen molar-refractivity contribution in [1.82, 2.24) is 4.98 Å². The normalized spacial score (nSPS) is 12.0. The fraction of sp³-hybridized carbons (Fsp3) is 0.154. The van der Waals surface area contributed by atoms with Gasteiger partial charge in [-0.1, -0.05) is 0 Å². The van der Waals surface area contributed by atoms with Crippen LogP contribution in [0.5, 0.6) is 0 Å². The molecule has 1 aromatic carbocycles. The molecule has 0 bridgehead atoms. The minimum atomic E-state index is -0.665. The molecule has 4 nitrogen and oxygen atoms in total. The molecule has 4 N–H and O–H groups in total. The van der Waals surface area contributed by atoms with Crippen LogP contribution in [0.2, 0.25) is 0 Å². The highest BCUT2D eigenvalue weighted by molar-refractivity contribution is 5.96. The summed E-state index contributed by atoms with van der Waals surface area (Å²) in [6.07, 6.45) is 7.19. The largest absolute Gasteiger partial charge is 0.361 e. The van der Waals surface area contributed by atoms with E-state index in [-0.39, 0.29) is 12.3 Å². The molecule has 2 aromatic rings. The van der Waals surface area contributed by atoms with E-state index in [4.69, 9.17) is 12.2 Å². The number of aromatic amines is 1. The Bertz CT molecular complexity index is 580. The van der Waals surface area contributed by atoms with Crippen molar-refractivity contribution in [3.8, 4) is 12.3 Å². The van der Waals surface area contributed by atoms with E-state index in [0.29, 0.717) is 0 Å². The van der Waals surface area contributed by atoms with Crippen molar-refractivity contribution < 1.29 is 4.79 Å². The summed E-state index contributed by atoms with van der Waals surface area (Å²) in [6, 6.07) is 6.87. The minimum absolute atomic E-state index is 0.234. The van der Waals surface area contributed by atoms with E-state index in [2.05, 4.69) is 16.2 Å². The molecular weight excluding hydrogens is 214 g/mol. The maximum absolute atomic E-state index is 11.6. The summed E-state index contributed by atoms with van der Waals surface area (Å²) in [7, 11) is 0. The van der Waals surface area contributed by atoms with Gasteiger partial charge in [-0.05, 0) is 24.3 Å². The lowest BCUT2D eigenvalue weighted by Gasteiger charge is -2.09. The van der Waals surface area contributed by atoms with Crippen LogP contribution in [0.3, 0.4) is 0 Å². The molecule has 0 fully saturated rings. The van der Waals surface area contributed by atoms with Gasteiger partial charge in [-0.2, -0.15) is 0 Å². The number of amides is 1. The number of carbonyl (C=O) groups excluding carboxylic acids is 1. The molecule has 86 valence electrons. The Morgan fingerprint density at radius 3 is 3.12 bits per heavy atom. The Morgan fingerprint density at radius 1 is 1.53 bits per heavy atom. The highest BCUT2D eigenvalue weighted by Crippen LogP contribution is 2.17. The quantitative estimate of drug-likeness (QED) is 0.695. The van der Waals surface area contributed by atoms with Gasteiger partial charge in [-0.25, -0.2) is 0 Å². The highest BCUT2D eigenvalue weighted by atomic mass is 16.2. The summed E-state index contributed by atoms with van der Waals surface area (Å²) in [4.78, 5) is 14.7. The van der Waals surface area contributed by atoms with Crippen LogP contribution in [-0.2, 0) is 4.79 Å². The van der Waals surface area contributed by atoms with E-state index in [1.54, 1.807) is 0 Å². The van der Waals surface area contributed by atoms with Crippen LogP contribution in [0, 0.1) is 12.3 Å². The average molecular weight is 227 g/mol. The maximum atomic E-state index is 11.6. The predicted molar refractivity (Wildman–Crippen MR) is 68.4 cm³/mol. The monoisotopic (exact) mass is 227 g/mol. The maximum Gasteiger partial charge on any atom is 0.242 e. The Morgan fingerprint density at radius 2 is 2.35 bits per heavy atom. The number of H-pyrrole nitrogens is 1. The van der Waals surface area contributed by atoms with Gasteiger partial charge in [-0.15, -0.1) is 12.3 Å². The summed E-state index contributed by atoms with van der Waals surface area (Å²) in [6.45, 7) is 0. The zero-order valence-corrected chi connectivity index (χ0v) is 9.23. The summed E-state index contributed by atoms with van der Waals surface area (Å²) in [5.41, 5.74) is 7.35. The van der Waals surface area contributed by atoms with Gasteiger partial charge in [0, 0.05) is 29.2 Å². The molecule has 17 heavy (non-hydrogen) atoms. The summed E-state index contributed by atoms with van der Waals surface area (Å²) >= 11 is 0. The molecule has 0 aliphatic carbocycles. The second kappa shape index (κ2) is 4.73. The molecular formula is C13H13N3O. The van der Waals surface area contributed by atoms with Crippen molar-refractivity contribution in [2.24, 2.45) is 5.73 Å². The lowest BCUT2D eigenvalue weighted by molar-refractivity contribution is -0.117. The topological polar surface area (TPSA) is 70.9 Å². The number of rotatable bonds is 3. The van der Waals surface area contributed by atoms with Crippen LogP contribution in [0.15, 0.2) is 30.5 Å². The van der Waals surface area contributed by atoms with E-state index in [0.717, 1.165) is 16.6 Å². The number of nitrogens with two attached hydrogens (primary N) is 1. The number of nitrogens with one attached hydrogen (secondary N) is 2. The number of hydrogen-bond acceptors (Lipinski definition) is 2. The fourth-order valence-electron chi connectivity index (χ4n) is 1.59. The molecule has 0 saturated carbocycles. The van der Waals surface area contributed by atoms with Crippen molar-refractivity contribution in [3.63, 3.8) is 0 Å². The van der Waals surface area contributed by atoms with Gasteiger partial charge >= 0.3 is 0 Å². The van der Waals surface area contributed by atoms with Crippen molar-refractivity contribution in [1.29, 1.82) is 0 Å². The van der Waals surface area contributed by atoms with E-state index >= 15 is 0 Å². The number of hydrogen-bond donors (Lipinski definition) is 3. The smallest absolute Gasteiger partial charge is 0.242 e. The number of carbonyl (C=O) groups is 1. The minimum Gasteiger partial charge on any atom is -0.361 e. The van der Waals surface area contributed by atoms with Crippen molar-refractivity contribution in [2.75, 3.05) is 5.32 Å². The second-order valence-corrected chi connectivity index (χ2v) is 3.78. The lowest BCUT2D eigenvalue weighted by atomic mass is 10.2. The number of anilines is 1. The fourth-order valence-corrected chi connectivity index (χ4v) is 1.59. The Labute approximate surface area is 99.2 Å². The van der Waals surface area contributed by atoms with E-state index in [9.17, 15) is 4.79 Å². The zero-order valence-electron chi connectivity index (χ0n) is 9.23. The molecule has 0 aliphatic rings. The molecule has 1 heterocycles. The molecule has 0 saturated heterocycles. The van der Waals surface area contributed by atoms with Crippen LogP contribution in [0.1, 0.15) is 6.42 Å². The van der Waals surface area contributed by atoms with Crippen molar-refractivity contribution in [3.05, 3.63) is 30.5 Å². The first-order chi connectivity index (χ1) is 8.20. The van der Waals surface area contributed by atoms with Gasteiger partial charge in [0.25, 0.3) is 0 Å². The third-order valence-corrected chi connectivity index (χ3v) is 2.50. The molecule has 1 amide bonds. The zero-order chi connectivity index (χ0) is 12.3. The standard InChI is InChI=1S/C13H13N3O/c1-2-3-11(14)13(17)16-10-4-5-12-9(8-10)6-7-15-12/h1,4-8,11,15H,3,14H2,(H,16,17). The SMILES string of the molecule is C#CCC(N)C(=O)Nc1ccc2[nH]ccc2c1. The van der Waals surface area contributed by atoms with Crippen LogP contribution in [0.25, 0.3) is 10.9 Å². The second-order valence-electron chi connectivity index (χ2n) is 3.78. The van der Waals surface area contributed by atoms with Gasteiger partial charge in [0.05, 0.1) is 6.04 Å². The van der Waals surface area contributed by atoms with Crippen molar-refractivity contribution >= 4 is 22.5 Å². The first-order valence-electron chi connectivity index (χ1n) is 5.28. The molecule has 2 rings (SSSR count). The van der Waals surface area contributed by atoms with Crippen LogP contribution >= 0.6 is 0 Å². The number of fused-ring (bicyclic) bond motifs is 1. The summed E-state index contributed by atoms with van der Waals surface area (Å²) < 4.78 is 0. The van der Waals surface area contributed by atoms with E-state index in [1.807, 2.05) is 30.5 Å². The van der Waals surface area contributed by atoms with Crippen LogP contribution in [0.4, 0.5) is 5.69 Å². The van der Waals surface area contributed by atoms with Gasteiger partial charge in [0.2, 0.25) is 5.91 Å². The van der Waals surface area contributed by atoms with E-state index in [1.165, 1.54) is 0 Å².